The van der Waals surface area contributed by atoms with Crippen molar-refractivity contribution in [1.82, 2.24) is 9.88 Å². The SMILES string of the molecule is O=C(c1cc(Cl)cc2cccnc12)N1CCC(C(=O)O)(C(F)(F)F)C1. The van der Waals surface area contributed by atoms with E-state index < -0.39 is 36.4 Å². The van der Waals surface area contributed by atoms with Crippen LogP contribution in [-0.4, -0.2) is 46.1 Å². The smallest absolute Gasteiger partial charge is 0.406 e. The number of likely N-dealkylation sites (tertiary alicyclic amines) is 1. The molecule has 2 heterocycles. The summed E-state index contributed by atoms with van der Waals surface area (Å²) in [5.74, 6) is -2.71. The molecular formula is C16H12ClF3N2O3. The van der Waals surface area contributed by atoms with Gasteiger partial charge in [-0.25, -0.2) is 0 Å². The number of rotatable bonds is 2. The van der Waals surface area contributed by atoms with Crippen molar-refractivity contribution in [3.63, 3.8) is 0 Å². The highest BCUT2D eigenvalue weighted by molar-refractivity contribution is 6.32. The minimum atomic E-state index is -4.96. The molecule has 0 aliphatic carbocycles. The molecule has 1 aliphatic rings. The second kappa shape index (κ2) is 5.87. The Bertz CT molecular complexity index is 871. The number of carboxylic acids is 1. The highest BCUT2D eigenvalue weighted by Gasteiger charge is 2.64. The Morgan fingerprint density at radius 3 is 2.64 bits per heavy atom. The lowest BCUT2D eigenvalue weighted by molar-refractivity contribution is -0.227. The number of nitrogens with zero attached hydrogens (tertiary/aromatic N) is 2. The van der Waals surface area contributed by atoms with E-state index in [4.69, 9.17) is 16.7 Å². The standard InChI is InChI=1S/C16H12ClF3N2O3/c17-10-6-9-2-1-4-21-12(9)11(7-10)13(23)22-5-3-15(8-22,14(24)25)16(18,19)20/h1-2,4,6-7H,3,5,8H2,(H,24,25). The molecule has 1 fully saturated rings. The van der Waals surface area contributed by atoms with Crippen LogP contribution in [0.25, 0.3) is 10.9 Å². The molecule has 0 radical (unpaired) electrons. The summed E-state index contributed by atoms with van der Waals surface area (Å²) in [4.78, 5) is 28.9. The summed E-state index contributed by atoms with van der Waals surface area (Å²) in [7, 11) is 0. The van der Waals surface area contributed by atoms with Gasteiger partial charge >= 0.3 is 12.1 Å². The number of fused-ring (bicyclic) bond motifs is 1. The zero-order valence-electron chi connectivity index (χ0n) is 12.7. The summed E-state index contributed by atoms with van der Waals surface area (Å²) >= 11 is 5.98. The van der Waals surface area contributed by atoms with Crippen LogP contribution in [-0.2, 0) is 4.79 Å². The molecular weight excluding hydrogens is 361 g/mol. The van der Waals surface area contributed by atoms with E-state index in [1.54, 1.807) is 18.2 Å². The van der Waals surface area contributed by atoms with Gasteiger partial charge in [-0.15, -0.1) is 0 Å². The van der Waals surface area contributed by atoms with Gasteiger partial charge in [0, 0.05) is 29.7 Å². The van der Waals surface area contributed by atoms with Crippen LogP contribution in [0.5, 0.6) is 0 Å². The van der Waals surface area contributed by atoms with E-state index in [9.17, 15) is 22.8 Å². The fourth-order valence-corrected chi connectivity index (χ4v) is 3.23. The van der Waals surface area contributed by atoms with E-state index in [0.717, 1.165) is 4.90 Å². The first-order chi connectivity index (χ1) is 11.7. The molecule has 2 aromatic rings. The molecule has 132 valence electrons. The second-order valence-corrected chi connectivity index (χ2v) is 6.33. The number of alkyl halides is 3. The molecule has 0 saturated carbocycles. The molecule has 1 N–H and O–H groups in total. The van der Waals surface area contributed by atoms with E-state index in [2.05, 4.69) is 4.98 Å². The van der Waals surface area contributed by atoms with Crippen molar-refractivity contribution in [1.29, 1.82) is 0 Å². The Morgan fingerprint density at radius 1 is 1.32 bits per heavy atom. The number of amides is 1. The van der Waals surface area contributed by atoms with Crippen molar-refractivity contribution >= 4 is 34.4 Å². The van der Waals surface area contributed by atoms with Crippen molar-refractivity contribution in [3.05, 3.63) is 41.0 Å². The number of aromatic nitrogens is 1. The number of carbonyl (C=O) groups is 2. The molecule has 1 aliphatic heterocycles. The van der Waals surface area contributed by atoms with Crippen LogP contribution < -0.4 is 0 Å². The molecule has 1 amide bonds. The van der Waals surface area contributed by atoms with Crippen LogP contribution in [0.4, 0.5) is 13.2 Å². The molecule has 0 bridgehead atoms. The third-order valence-corrected chi connectivity index (χ3v) is 4.63. The van der Waals surface area contributed by atoms with Gasteiger partial charge in [0.25, 0.3) is 5.91 Å². The zero-order chi connectivity index (χ0) is 18.4. The lowest BCUT2D eigenvalue weighted by atomic mass is 9.86. The molecule has 1 unspecified atom stereocenters. The largest absolute Gasteiger partial charge is 0.481 e. The van der Waals surface area contributed by atoms with Gasteiger partial charge in [-0.1, -0.05) is 17.7 Å². The summed E-state index contributed by atoms with van der Waals surface area (Å²) in [6.45, 7) is -1.25. The van der Waals surface area contributed by atoms with Gasteiger partial charge in [-0.2, -0.15) is 13.2 Å². The summed E-state index contributed by atoms with van der Waals surface area (Å²) in [5.41, 5.74) is -2.60. The predicted molar refractivity (Wildman–Crippen MR) is 83.4 cm³/mol. The van der Waals surface area contributed by atoms with Crippen molar-refractivity contribution in [2.75, 3.05) is 13.1 Å². The average molecular weight is 373 g/mol. The van der Waals surface area contributed by atoms with E-state index in [1.807, 2.05) is 0 Å². The van der Waals surface area contributed by atoms with Crippen LogP contribution in [0.1, 0.15) is 16.8 Å². The molecule has 3 rings (SSSR count). The molecule has 9 heteroatoms. The number of benzene rings is 1. The lowest BCUT2D eigenvalue weighted by Crippen LogP contribution is -2.47. The van der Waals surface area contributed by atoms with Crippen LogP contribution in [0.3, 0.4) is 0 Å². The maximum absolute atomic E-state index is 13.3. The molecule has 5 nitrogen and oxygen atoms in total. The number of hydrogen-bond donors (Lipinski definition) is 1. The predicted octanol–water partition coefficient (Wildman–Crippen LogP) is 3.37. The third kappa shape index (κ3) is 2.80. The number of pyridine rings is 1. The molecule has 1 saturated heterocycles. The minimum Gasteiger partial charge on any atom is -0.481 e. The van der Waals surface area contributed by atoms with Gasteiger partial charge in [-0.3, -0.25) is 14.6 Å². The second-order valence-electron chi connectivity index (χ2n) is 5.89. The highest BCUT2D eigenvalue weighted by Crippen LogP contribution is 2.46. The molecule has 1 aromatic heterocycles. The highest BCUT2D eigenvalue weighted by atomic mass is 35.5. The maximum atomic E-state index is 13.3. The van der Waals surface area contributed by atoms with Gasteiger partial charge in [-0.05, 0) is 24.6 Å². The van der Waals surface area contributed by atoms with Crippen LogP contribution in [0, 0.1) is 5.41 Å². The Hall–Kier alpha value is -2.35. The number of halogens is 4. The van der Waals surface area contributed by atoms with Gasteiger partial charge in [0.2, 0.25) is 0 Å². The quantitative estimate of drug-likeness (QED) is 0.877. The fourth-order valence-electron chi connectivity index (χ4n) is 3.00. The van der Waals surface area contributed by atoms with Gasteiger partial charge in [0.05, 0.1) is 11.1 Å². The van der Waals surface area contributed by atoms with Crippen molar-refractivity contribution in [3.8, 4) is 0 Å². The molecule has 25 heavy (non-hydrogen) atoms. The van der Waals surface area contributed by atoms with E-state index in [0.29, 0.717) is 10.9 Å². The van der Waals surface area contributed by atoms with Gasteiger partial charge in [0.15, 0.2) is 5.41 Å². The zero-order valence-corrected chi connectivity index (χ0v) is 13.4. The normalized spacial score (nSPS) is 20.9. The van der Waals surface area contributed by atoms with Gasteiger partial charge in [0.1, 0.15) is 0 Å². The van der Waals surface area contributed by atoms with Crippen molar-refractivity contribution < 1.29 is 27.9 Å². The number of hydrogen-bond acceptors (Lipinski definition) is 3. The number of carboxylic acid groups (broad SMARTS) is 1. The minimum absolute atomic E-state index is 0.0477. The first-order valence-corrected chi connectivity index (χ1v) is 7.67. The number of carbonyl (C=O) groups excluding carboxylic acids is 1. The molecule has 1 atom stereocenters. The Balaban J connectivity index is 2.00. The topological polar surface area (TPSA) is 70.5 Å². The van der Waals surface area contributed by atoms with E-state index in [-0.39, 0.29) is 17.1 Å². The first-order valence-electron chi connectivity index (χ1n) is 7.29. The Labute approximate surface area is 145 Å². The fraction of sp³-hybridized carbons (Fsp3) is 0.312. The summed E-state index contributed by atoms with van der Waals surface area (Å²) < 4.78 is 39.8. The van der Waals surface area contributed by atoms with E-state index >= 15 is 0 Å². The van der Waals surface area contributed by atoms with Gasteiger partial charge < -0.3 is 10.0 Å². The van der Waals surface area contributed by atoms with Crippen LogP contribution >= 0.6 is 11.6 Å². The van der Waals surface area contributed by atoms with Crippen molar-refractivity contribution in [2.45, 2.75) is 12.6 Å². The monoisotopic (exact) mass is 372 g/mol. The van der Waals surface area contributed by atoms with E-state index in [1.165, 1.54) is 12.3 Å². The maximum Gasteiger partial charge on any atom is 0.406 e. The molecule has 0 spiro atoms. The number of aliphatic carboxylic acids is 1. The van der Waals surface area contributed by atoms with Crippen LogP contribution in [0.15, 0.2) is 30.5 Å². The lowest BCUT2D eigenvalue weighted by Gasteiger charge is -2.27. The Kier molecular flexibility index (Phi) is 4.10. The summed E-state index contributed by atoms with van der Waals surface area (Å²) in [6.07, 6.45) is -4.19. The first kappa shape index (κ1) is 17.5. The Morgan fingerprint density at radius 2 is 2.04 bits per heavy atom. The van der Waals surface area contributed by atoms with Crippen LogP contribution in [0.2, 0.25) is 5.02 Å². The summed E-state index contributed by atoms with van der Waals surface area (Å²) in [5, 5.41) is 9.90. The summed E-state index contributed by atoms with van der Waals surface area (Å²) in [6, 6.07) is 6.23. The average Bonchev–Trinajstić information content (AvgIpc) is 3.00. The third-order valence-electron chi connectivity index (χ3n) is 4.41. The molecule has 1 aromatic carbocycles. The van der Waals surface area contributed by atoms with Crippen molar-refractivity contribution in [2.24, 2.45) is 5.41 Å².